The molecule has 2 aromatic carbocycles. The van der Waals surface area contributed by atoms with Gasteiger partial charge in [-0.05, 0) is 37.1 Å². The third-order valence-electron chi connectivity index (χ3n) is 3.56. The molecule has 0 amide bonds. The fraction of sp³-hybridized carbons (Fsp3) is 0.294. The standard InChI is InChI=1S/C17H17BrO2S/c1-11(19)15-7-6-13(18)9-16(15)20-10-14-8-12-4-2-3-5-17(12)21-14/h2-7,9,11,14,19H,8,10H2,1H3/t11-,14?/m1/s1. The molecule has 2 atom stereocenters. The quantitative estimate of drug-likeness (QED) is 0.859. The average molecular weight is 365 g/mol. The number of aliphatic hydroxyl groups excluding tert-OH is 1. The molecule has 1 aliphatic heterocycles. The Kier molecular flexibility index (Phi) is 4.57. The molecular formula is C17H17BrO2S. The van der Waals surface area contributed by atoms with Crippen molar-refractivity contribution >= 4 is 27.7 Å². The summed E-state index contributed by atoms with van der Waals surface area (Å²) in [5.74, 6) is 0.760. The van der Waals surface area contributed by atoms with Gasteiger partial charge in [-0.15, -0.1) is 11.8 Å². The molecule has 1 N–H and O–H groups in total. The molecule has 0 fully saturated rings. The minimum atomic E-state index is -0.526. The molecule has 1 heterocycles. The van der Waals surface area contributed by atoms with Crippen molar-refractivity contribution in [3.8, 4) is 5.75 Å². The molecule has 4 heteroatoms. The lowest BCUT2D eigenvalue weighted by Gasteiger charge is -2.16. The number of ether oxygens (including phenoxy) is 1. The van der Waals surface area contributed by atoms with E-state index in [0.717, 1.165) is 22.2 Å². The first kappa shape index (κ1) is 14.9. The van der Waals surface area contributed by atoms with Gasteiger partial charge in [0.25, 0.3) is 0 Å². The normalized spacial score (nSPS) is 18.3. The van der Waals surface area contributed by atoms with E-state index in [1.807, 2.05) is 30.0 Å². The second-order valence-corrected chi connectivity index (χ2v) is 7.48. The number of aliphatic hydroxyl groups is 1. The molecule has 0 saturated carbocycles. The second-order valence-electron chi connectivity index (χ2n) is 5.22. The molecule has 0 bridgehead atoms. The topological polar surface area (TPSA) is 29.5 Å². The van der Waals surface area contributed by atoms with E-state index in [1.54, 1.807) is 6.92 Å². The van der Waals surface area contributed by atoms with Crippen molar-refractivity contribution in [3.05, 3.63) is 58.1 Å². The molecule has 2 aromatic rings. The number of benzene rings is 2. The summed E-state index contributed by atoms with van der Waals surface area (Å²) < 4.78 is 6.95. The average Bonchev–Trinajstić information content (AvgIpc) is 2.87. The Morgan fingerprint density at radius 1 is 1.33 bits per heavy atom. The predicted octanol–water partition coefficient (Wildman–Crippen LogP) is 4.60. The Morgan fingerprint density at radius 3 is 2.90 bits per heavy atom. The van der Waals surface area contributed by atoms with Crippen LogP contribution in [-0.2, 0) is 6.42 Å². The van der Waals surface area contributed by atoms with Gasteiger partial charge in [-0.25, -0.2) is 0 Å². The Balaban J connectivity index is 1.68. The van der Waals surface area contributed by atoms with Gasteiger partial charge in [0.15, 0.2) is 0 Å². The van der Waals surface area contributed by atoms with Gasteiger partial charge >= 0.3 is 0 Å². The van der Waals surface area contributed by atoms with Gasteiger partial charge in [0.2, 0.25) is 0 Å². The SMILES string of the molecule is C[C@@H](O)c1ccc(Br)cc1OCC1Cc2ccccc2S1. The van der Waals surface area contributed by atoms with Crippen molar-refractivity contribution in [1.82, 2.24) is 0 Å². The molecular weight excluding hydrogens is 348 g/mol. The van der Waals surface area contributed by atoms with Gasteiger partial charge < -0.3 is 9.84 Å². The highest BCUT2D eigenvalue weighted by atomic mass is 79.9. The van der Waals surface area contributed by atoms with E-state index in [1.165, 1.54) is 10.5 Å². The van der Waals surface area contributed by atoms with Crippen LogP contribution in [0.25, 0.3) is 0 Å². The number of thioether (sulfide) groups is 1. The first-order valence-corrected chi connectivity index (χ1v) is 8.65. The maximum atomic E-state index is 9.83. The van der Waals surface area contributed by atoms with Crippen molar-refractivity contribution in [3.63, 3.8) is 0 Å². The first-order valence-electron chi connectivity index (χ1n) is 6.98. The van der Waals surface area contributed by atoms with Crippen LogP contribution < -0.4 is 4.74 Å². The van der Waals surface area contributed by atoms with Crippen LogP contribution in [0.5, 0.6) is 5.75 Å². The molecule has 1 unspecified atom stereocenters. The van der Waals surface area contributed by atoms with E-state index < -0.39 is 6.10 Å². The van der Waals surface area contributed by atoms with E-state index in [9.17, 15) is 5.11 Å². The van der Waals surface area contributed by atoms with Crippen LogP contribution in [0.1, 0.15) is 24.2 Å². The Labute approximate surface area is 137 Å². The molecule has 110 valence electrons. The summed E-state index contributed by atoms with van der Waals surface area (Å²) in [5.41, 5.74) is 2.24. The Hall–Kier alpha value is -0.970. The van der Waals surface area contributed by atoms with E-state index in [0.29, 0.717) is 11.9 Å². The largest absolute Gasteiger partial charge is 0.492 e. The molecule has 0 aromatic heterocycles. The van der Waals surface area contributed by atoms with E-state index >= 15 is 0 Å². The van der Waals surface area contributed by atoms with Gasteiger partial charge in [0.05, 0.1) is 6.10 Å². The third kappa shape index (κ3) is 3.44. The van der Waals surface area contributed by atoms with Gasteiger partial charge in [0, 0.05) is 20.2 Å². The summed E-state index contributed by atoms with van der Waals surface area (Å²) in [6.45, 7) is 2.41. The minimum Gasteiger partial charge on any atom is -0.492 e. The smallest absolute Gasteiger partial charge is 0.126 e. The lowest BCUT2D eigenvalue weighted by Crippen LogP contribution is -2.14. The molecule has 3 rings (SSSR count). The monoisotopic (exact) mass is 364 g/mol. The summed E-state index contributed by atoms with van der Waals surface area (Å²) in [7, 11) is 0. The van der Waals surface area contributed by atoms with Crippen molar-refractivity contribution in [2.24, 2.45) is 0 Å². The molecule has 1 aliphatic rings. The summed E-state index contributed by atoms with van der Waals surface area (Å²) in [6.07, 6.45) is 0.514. The number of rotatable bonds is 4. The number of hydrogen-bond acceptors (Lipinski definition) is 3. The molecule has 0 radical (unpaired) electrons. The predicted molar refractivity (Wildman–Crippen MR) is 90.1 cm³/mol. The van der Waals surface area contributed by atoms with Gasteiger partial charge in [-0.2, -0.15) is 0 Å². The molecule has 21 heavy (non-hydrogen) atoms. The highest BCUT2D eigenvalue weighted by molar-refractivity contribution is 9.10. The van der Waals surface area contributed by atoms with Gasteiger partial charge in [0.1, 0.15) is 12.4 Å². The summed E-state index contributed by atoms with van der Waals surface area (Å²) >= 11 is 5.33. The highest BCUT2D eigenvalue weighted by Gasteiger charge is 2.22. The van der Waals surface area contributed by atoms with E-state index in [2.05, 4.69) is 40.2 Å². The lowest BCUT2D eigenvalue weighted by atomic mass is 10.1. The van der Waals surface area contributed by atoms with Crippen LogP contribution in [0.3, 0.4) is 0 Å². The lowest BCUT2D eigenvalue weighted by molar-refractivity contribution is 0.191. The first-order chi connectivity index (χ1) is 10.1. The van der Waals surface area contributed by atoms with Crippen molar-refractivity contribution in [1.29, 1.82) is 0 Å². The van der Waals surface area contributed by atoms with Crippen LogP contribution in [0.2, 0.25) is 0 Å². The van der Waals surface area contributed by atoms with Crippen LogP contribution in [0.4, 0.5) is 0 Å². The molecule has 0 aliphatic carbocycles. The summed E-state index contributed by atoms with van der Waals surface area (Å²) in [4.78, 5) is 1.36. The van der Waals surface area contributed by atoms with Crippen LogP contribution in [0.15, 0.2) is 51.8 Å². The van der Waals surface area contributed by atoms with Crippen LogP contribution in [-0.4, -0.2) is 17.0 Å². The van der Waals surface area contributed by atoms with Crippen LogP contribution in [0, 0.1) is 0 Å². The fourth-order valence-corrected chi connectivity index (χ4v) is 4.07. The highest BCUT2D eigenvalue weighted by Crippen LogP contribution is 2.37. The van der Waals surface area contributed by atoms with Crippen molar-refractivity contribution < 1.29 is 9.84 Å². The third-order valence-corrected chi connectivity index (χ3v) is 5.35. The van der Waals surface area contributed by atoms with Crippen molar-refractivity contribution in [2.45, 2.75) is 29.6 Å². The molecule has 2 nitrogen and oxygen atoms in total. The second kappa shape index (κ2) is 6.42. The number of hydrogen-bond donors (Lipinski definition) is 1. The van der Waals surface area contributed by atoms with Gasteiger partial charge in [-0.3, -0.25) is 0 Å². The van der Waals surface area contributed by atoms with Crippen molar-refractivity contribution in [2.75, 3.05) is 6.61 Å². The van der Waals surface area contributed by atoms with E-state index in [4.69, 9.17) is 4.74 Å². The zero-order valence-corrected chi connectivity index (χ0v) is 14.2. The van der Waals surface area contributed by atoms with E-state index in [-0.39, 0.29) is 0 Å². The maximum Gasteiger partial charge on any atom is 0.126 e. The van der Waals surface area contributed by atoms with Gasteiger partial charge in [-0.1, -0.05) is 40.2 Å². The number of halogens is 1. The molecule has 0 saturated heterocycles. The number of fused-ring (bicyclic) bond motifs is 1. The summed E-state index contributed by atoms with van der Waals surface area (Å²) in [5, 5.41) is 10.3. The minimum absolute atomic E-state index is 0.434. The molecule has 0 spiro atoms. The Morgan fingerprint density at radius 2 is 2.14 bits per heavy atom. The maximum absolute atomic E-state index is 9.83. The van der Waals surface area contributed by atoms with Crippen LogP contribution >= 0.6 is 27.7 Å². The summed E-state index contributed by atoms with van der Waals surface area (Å²) in [6, 6.07) is 14.3. The fourth-order valence-electron chi connectivity index (χ4n) is 2.51. The Bertz CT molecular complexity index is 617. The zero-order chi connectivity index (χ0) is 14.8. The zero-order valence-electron chi connectivity index (χ0n) is 11.8.